The largest absolute Gasteiger partial charge is 0.493 e. The molecule has 0 atom stereocenters. The molecule has 0 radical (unpaired) electrons. The fourth-order valence-electron chi connectivity index (χ4n) is 4.05. The highest BCUT2D eigenvalue weighted by Crippen LogP contribution is 2.41. The Kier molecular flexibility index (Phi) is 6.85. The van der Waals surface area contributed by atoms with Crippen LogP contribution in [0.25, 0.3) is 27.4 Å². The number of aromatic nitrogens is 2. The molecule has 34 heavy (non-hydrogen) atoms. The number of thiophene rings is 1. The van der Waals surface area contributed by atoms with Gasteiger partial charge in [0.15, 0.2) is 11.5 Å². The lowest BCUT2D eigenvalue weighted by Crippen LogP contribution is -2.36. The number of allylic oxidation sites excluding steroid dienone is 1. The van der Waals surface area contributed by atoms with Crippen LogP contribution >= 0.6 is 11.3 Å². The van der Waals surface area contributed by atoms with E-state index in [-0.39, 0.29) is 0 Å². The van der Waals surface area contributed by atoms with E-state index in [2.05, 4.69) is 22.4 Å². The summed E-state index contributed by atoms with van der Waals surface area (Å²) in [6.07, 6.45) is 4.03. The van der Waals surface area contributed by atoms with Crippen LogP contribution in [0.4, 0.5) is 0 Å². The highest BCUT2D eigenvalue weighted by molar-refractivity contribution is 7.17. The summed E-state index contributed by atoms with van der Waals surface area (Å²) in [5.41, 5.74) is 3.23. The Morgan fingerprint density at radius 2 is 1.88 bits per heavy atom. The molecular weight excluding hydrogens is 446 g/mol. The molecule has 0 saturated carbocycles. The van der Waals surface area contributed by atoms with Gasteiger partial charge < -0.3 is 14.2 Å². The summed E-state index contributed by atoms with van der Waals surface area (Å²) < 4.78 is 17.6. The summed E-state index contributed by atoms with van der Waals surface area (Å²) in [5, 5.41) is 3.05. The molecule has 0 unspecified atom stereocenters. The van der Waals surface area contributed by atoms with Crippen molar-refractivity contribution in [2.75, 3.05) is 33.4 Å². The van der Waals surface area contributed by atoms with Crippen molar-refractivity contribution in [2.24, 2.45) is 0 Å². The van der Waals surface area contributed by atoms with Crippen molar-refractivity contribution in [3.05, 3.63) is 71.4 Å². The topological polar surface area (TPSA) is 56.7 Å². The lowest BCUT2D eigenvalue weighted by Gasteiger charge is -2.25. The van der Waals surface area contributed by atoms with Crippen LogP contribution in [0.15, 0.2) is 60.0 Å². The van der Waals surface area contributed by atoms with Gasteiger partial charge in [-0.2, -0.15) is 4.98 Å². The highest BCUT2D eigenvalue weighted by atomic mass is 32.1. The number of hydrogen-bond donors (Lipinski definition) is 0. The molecule has 0 aliphatic carbocycles. The van der Waals surface area contributed by atoms with Crippen LogP contribution in [0, 0.1) is 0 Å². The molecule has 1 aliphatic rings. The molecule has 0 spiro atoms. The standard InChI is InChI=1S/C27H27N3O3S/c1-3-7-19-10-11-22(23(16-19)31-2)33-26-25-21(20-8-5-4-6-9-20)18-34-27(25)29-24(28-26)17-30-12-14-32-15-13-30/h3-11,16,18H,12-15,17H2,1-2H3/b7-3+. The van der Waals surface area contributed by atoms with E-state index in [4.69, 9.17) is 24.2 Å². The van der Waals surface area contributed by atoms with E-state index in [1.54, 1.807) is 18.4 Å². The first kappa shape index (κ1) is 22.5. The average molecular weight is 474 g/mol. The minimum Gasteiger partial charge on any atom is -0.493 e. The SMILES string of the molecule is C/C=C/c1ccc(Oc2nc(CN3CCOCC3)nc3scc(-c4ccccc4)c23)c(OC)c1. The second-order valence-corrected chi connectivity index (χ2v) is 8.90. The van der Waals surface area contributed by atoms with E-state index >= 15 is 0 Å². The molecule has 1 saturated heterocycles. The van der Waals surface area contributed by atoms with E-state index in [0.717, 1.165) is 59.0 Å². The Bertz CT molecular complexity index is 1300. The van der Waals surface area contributed by atoms with E-state index in [1.807, 2.05) is 55.5 Å². The van der Waals surface area contributed by atoms with Crippen LogP contribution in [-0.4, -0.2) is 48.3 Å². The number of morpholine rings is 1. The van der Waals surface area contributed by atoms with Gasteiger partial charge in [0.1, 0.15) is 10.7 Å². The number of hydrogen-bond acceptors (Lipinski definition) is 7. The predicted octanol–water partition coefficient (Wildman–Crippen LogP) is 6.02. The third kappa shape index (κ3) is 4.82. The maximum absolute atomic E-state index is 6.46. The van der Waals surface area contributed by atoms with Gasteiger partial charge in [-0.05, 0) is 30.2 Å². The zero-order chi connectivity index (χ0) is 23.3. The van der Waals surface area contributed by atoms with Crippen LogP contribution in [0.5, 0.6) is 17.4 Å². The molecule has 0 amide bonds. The zero-order valence-electron chi connectivity index (χ0n) is 19.4. The normalized spacial score (nSPS) is 14.6. The molecule has 5 rings (SSSR count). The summed E-state index contributed by atoms with van der Waals surface area (Å²) in [7, 11) is 1.65. The van der Waals surface area contributed by atoms with Gasteiger partial charge in [0.25, 0.3) is 0 Å². The van der Waals surface area contributed by atoms with Gasteiger partial charge in [0.05, 0.1) is 32.3 Å². The fourth-order valence-corrected chi connectivity index (χ4v) is 5.01. The monoisotopic (exact) mass is 473 g/mol. The molecule has 2 aromatic heterocycles. The number of rotatable bonds is 7. The van der Waals surface area contributed by atoms with Crippen LogP contribution < -0.4 is 9.47 Å². The molecule has 1 aliphatic heterocycles. The number of nitrogens with zero attached hydrogens (tertiary/aromatic N) is 3. The van der Waals surface area contributed by atoms with Crippen molar-refractivity contribution in [1.82, 2.24) is 14.9 Å². The van der Waals surface area contributed by atoms with Gasteiger partial charge >= 0.3 is 0 Å². The second-order valence-electron chi connectivity index (χ2n) is 8.04. The minimum atomic E-state index is 0.547. The molecule has 0 bridgehead atoms. The van der Waals surface area contributed by atoms with Crippen LogP contribution in [0.2, 0.25) is 0 Å². The van der Waals surface area contributed by atoms with E-state index in [0.29, 0.717) is 23.9 Å². The molecule has 4 aromatic rings. The number of ether oxygens (including phenoxy) is 3. The Morgan fingerprint density at radius 1 is 1.06 bits per heavy atom. The Hall–Kier alpha value is -3.26. The molecule has 0 N–H and O–H groups in total. The smallest absolute Gasteiger partial charge is 0.232 e. The Balaban J connectivity index is 1.59. The second kappa shape index (κ2) is 10.3. The molecule has 7 heteroatoms. The van der Waals surface area contributed by atoms with Gasteiger partial charge in [-0.15, -0.1) is 11.3 Å². The summed E-state index contributed by atoms with van der Waals surface area (Å²) in [4.78, 5) is 13.0. The van der Waals surface area contributed by atoms with E-state index < -0.39 is 0 Å². The molecule has 6 nitrogen and oxygen atoms in total. The highest BCUT2D eigenvalue weighted by Gasteiger charge is 2.20. The van der Waals surface area contributed by atoms with Crippen molar-refractivity contribution >= 4 is 27.6 Å². The third-order valence-electron chi connectivity index (χ3n) is 5.75. The van der Waals surface area contributed by atoms with Crippen molar-refractivity contribution < 1.29 is 14.2 Å². The number of benzene rings is 2. The zero-order valence-corrected chi connectivity index (χ0v) is 20.2. The van der Waals surface area contributed by atoms with E-state index in [1.165, 1.54) is 0 Å². The summed E-state index contributed by atoms with van der Waals surface area (Å²) in [6, 6.07) is 16.2. The Labute approximate surface area is 203 Å². The van der Waals surface area contributed by atoms with Crippen LogP contribution in [0.1, 0.15) is 18.3 Å². The van der Waals surface area contributed by atoms with Gasteiger partial charge in [-0.25, -0.2) is 4.98 Å². The van der Waals surface area contributed by atoms with Crippen LogP contribution in [-0.2, 0) is 11.3 Å². The molecule has 2 aromatic carbocycles. The van der Waals surface area contributed by atoms with Crippen molar-refractivity contribution in [3.8, 4) is 28.5 Å². The number of methoxy groups -OCH3 is 1. The van der Waals surface area contributed by atoms with E-state index in [9.17, 15) is 0 Å². The lowest BCUT2D eigenvalue weighted by molar-refractivity contribution is 0.0330. The first-order valence-electron chi connectivity index (χ1n) is 11.4. The minimum absolute atomic E-state index is 0.547. The maximum atomic E-state index is 6.46. The Morgan fingerprint density at radius 3 is 2.65 bits per heavy atom. The predicted molar refractivity (Wildman–Crippen MR) is 137 cm³/mol. The first-order valence-corrected chi connectivity index (χ1v) is 12.3. The van der Waals surface area contributed by atoms with Crippen LogP contribution in [0.3, 0.4) is 0 Å². The molecular formula is C27H27N3O3S. The molecule has 3 heterocycles. The summed E-state index contributed by atoms with van der Waals surface area (Å²) in [5.74, 6) is 2.58. The van der Waals surface area contributed by atoms with Gasteiger partial charge in [0.2, 0.25) is 5.88 Å². The lowest BCUT2D eigenvalue weighted by atomic mass is 10.1. The maximum Gasteiger partial charge on any atom is 0.232 e. The first-order chi connectivity index (χ1) is 16.7. The summed E-state index contributed by atoms with van der Waals surface area (Å²) >= 11 is 1.61. The quantitative estimate of drug-likeness (QED) is 0.327. The summed E-state index contributed by atoms with van der Waals surface area (Å²) in [6.45, 7) is 5.86. The number of fused-ring (bicyclic) bond motifs is 1. The van der Waals surface area contributed by atoms with Crippen molar-refractivity contribution in [1.29, 1.82) is 0 Å². The average Bonchev–Trinajstić information content (AvgIpc) is 3.30. The molecule has 174 valence electrons. The third-order valence-corrected chi connectivity index (χ3v) is 6.63. The van der Waals surface area contributed by atoms with Gasteiger partial charge in [-0.3, -0.25) is 4.90 Å². The van der Waals surface area contributed by atoms with Gasteiger partial charge in [-0.1, -0.05) is 48.6 Å². The fraction of sp³-hybridized carbons (Fsp3) is 0.259. The van der Waals surface area contributed by atoms with Crippen molar-refractivity contribution in [2.45, 2.75) is 13.5 Å². The van der Waals surface area contributed by atoms with Crippen molar-refractivity contribution in [3.63, 3.8) is 0 Å². The van der Waals surface area contributed by atoms with Gasteiger partial charge in [0, 0.05) is 24.0 Å². The molecule has 1 fully saturated rings.